The molecule has 2 aromatic rings. The quantitative estimate of drug-likeness (QED) is 0.913. The number of nitrogens with zero attached hydrogens (tertiary/aromatic N) is 4. The maximum Gasteiger partial charge on any atom is 0.152 e. The zero-order valence-corrected chi connectivity index (χ0v) is 12.2. The first-order chi connectivity index (χ1) is 8.99. The highest BCUT2D eigenvalue weighted by Crippen LogP contribution is 2.22. The molecule has 0 radical (unpaired) electrons. The molecular formula is C14H21N5. The van der Waals surface area contributed by atoms with Crippen LogP contribution in [0.1, 0.15) is 17.2 Å². The molecule has 5 heteroatoms. The van der Waals surface area contributed by atoms with Gasteiger partial charge in [-0.05, 0) is 31.5 Å². The van der Waals surface area contributed by atoms with Crippen molar-refractivity contribution in [2.75, 3.05) is 24.3 Å². The highest BCUT2D eigenvalue weighted by Gasteiger charge is 2.06. The SMILES string of the molecule is Cc1ccc(NCc2nnc(C)n2C)cc1N(C)C. The average molecular weight is 259 g/mol. The number of hydrogen-bond donors (Lipinski definition) is 1. The van der Waals surface area contributed by atoms with E-state index in [0.717, 1.165) is 17.3 Å². The van der Waals surface area contributed by atoms with E-state index in [4.69, 9.17) is 0 Å². The van der Waals surface area contributed by atoms with E-state index in [9.17, 15) is 0 Å². The molecule has 0 amide bonds. The molecule has 1 aromatic carbocycles. The lowest BCUT2D eigenvalue weighted by atomic mass is 10.1. The smallest absolute Gasteiger partial charge is 0.152 e. The maximum atomic E-state index is 4.15. The van der Waals surface area contributed by atoms with E-state index >= 15 is 0 Å². The molecule has 5 nitrogen and oxygen atoms in total. The Morgan fingerprint density at radius 2 is 1.95 bits per heavy atom. The monoisotopic (exact) mass is 259 g/mol. The summed E-state index contributed by atoms with van der Waals surface area (Å²) in [5, 5.41) is 11.6. The van der Waals surface area contributed by atoms with Crippen LogP contribution in [-0.4, -0.2) is 28.9 Å². The Balaban J connectivity index is 2.12. The van der Waals surface area contributed by atoms with Gasteiger partial charge in [-0.15, -0.1) is 10.2 Å². The molecule has 0 saturated carbocycles. The zero-order chi connectivity index (χ0) is 14.0. The lowest BCUT2D eigenvalue weighted by Crippen LogP contribution is -2.11. The first-order valence-electron chi connectivity index (χ1n) is 6.35. The van der Waals surface area contributed by atoms with Crippen LogP contribution in [0, 0.1) is 13.8 Å². The van der Waals surface area contributed by atoms with Gasteiger partial charge >= 0.3 is 0 Å². The van der Waals surface area contributed by atoms with E-state index in [1.54, 1.807) is 0 Å². The molecule has 1 heterocycles. The van der Waals surface area contributed by atoms with E-state index in [0.29, 0.717) is 6.54 Å². The fraction of sp³-hybridized carbons (Fsp3) is 0.429. The summed E-state index contributed by atoms with van der Waals surface area (Å²) in [6.07, 6.45) is 0. The van der Waals surface area contributed by atoms with Crippen molar-refractivity contribution in [2.24, 2.45) is 7.05 Å². The second kappa shape index (κ2) is 5.30. The number of hydrogen-bond acceptors (Lipinski definition) is 4. The highest BCUT2D eigenvalue weighted by molar-refractivity contribution is 5.61. The fourth-order valence-corrected chi connectivity index (χ4v) is 1.99. The first-order valence-corrected chi connectivity index (χ1v) is 6.35. The second-order valence-electron chi connectivity index (χ2n) is 4.97. The van der Waals surface area contributed by atoms with Gasteiger partial charge in [0, 0.05) is 32.5 Å². The van der Waals surface area contributed by atoms with Gasteiger partial charge in [-0.3, -0.25) is 0 Å². The van der Waals surface area contributed by atoms with Gasteiger partial charge in [0.2, 0.25) is 0 Å². The summed E-state index contributed by atoms with van der Waals surface area (Å²) in [6.45, 7) is 4.74. The normalized spacial score (nSPS) is 10.6. The van der Waals surface area contributed by atoms with Gasteiger partial charge in [0.15, 0.2) is 5.82 Å². The minimum atomic E-state index is 0.674. The Bertz CT molecular complexity index is 571. The molecule has 2 rings (SSSR count). The lowest BCUT2D eigenvalue weighted by Gasteiger charge is -2.17. The minimum Gasteiger partial charge on any atom is -0.378 e. The van der Waals surface area contributed by atoms with Crippen LogP contribution >= 0.6 is 0 Å². The molecule has 19 heavy (non-hydrogen) atoms. The summed E-state index contributed by atoms with van der Waals surface area (Å²) in [6, 6.07) is 6.36. The maximum absolute atomic E-state index is 4.15. The molecule has 0 bridgehead atoms. The Kier molecular flexibility index (Phi) is 3.74. The molecule has 0 atom stereocenters. The van der Waals surface area contributed by atoms with E-state index in [1.165, 1.54) is 11.3 Å². The summed E-state index contributed by atoms with van der Waals surface area (Å²) >= 11 is 0. The van der Waals surface area contributed by atoms with Crippen molar-refractivity contribution in [1.82, 2.24) is 14.8 Å². The fourth-order valence-electron chi connectivity index (χ4n) is 1.99. The Morgan fingerprint density at radius 3 is 2.53 bits per heavy atom. The van der Waals surface area contributed by atoms with Gasteiger partial charge in [0.1, 0.15) is 5.82 Å². The van der Waals surface area contributed by atoms with Crippen molar-refractivity contribution in [3.05, 3.63) is 35.4 Å². The first kappa shape index (κ1) is 13.4. The van der Waals surface area contributed by atoms with Gasteiger partial charge in [-0.25, -0.2) is 0 Å². The van der Waals surface area contributed by atoms with Gasteiger partial charge < -0.3 is 14.8 Å². The molecule has 0 aliphatic heterocycles. The number of benzene rings is 1. The molecule has 1 aromatic heterocycles. The molecule has 102 valence electrons. The van der Waals surface area contributed by atoms with Crippen LogP contribution < -0.4 is 10.2 Å². The van der Waals surface area contributed by atoms with Crippen molar-refractivity contribution in [3.63, 3.8) is 0 Å². The number of aromatic nitrogens is 3. The summed E-state index contributed by atoms with van der Waals surface area (Å²) in [4.78, 5) is 2.12. The number of nitrogens with one attached hydrogen (secondary N) is 1. The Hall–Kier alpha value is -2.04. The van der Waals surface area contributed by atoms with Crippen LogP contribution in [0.3, 0.4) is 0 Å². The van der Waals surface area contributed by atoms with Gasteiger partial charge in [-0.1, -0.05) is 6.07 Å². The van der Waals surface area contributed by atoms with Crippen LogP contribution in [0.2, 0.25) is 0 Å². The molecular weight excluding hydrogens is 238 g/mol. The van der Waals surface area contributed by atoms with Crippen molar-refractivity contribution in [2.45, 2.75) is 20.4 Å². The van der Waals surface area contributed by atoms with Crippen molar-refractivity contribution in [3.8, 4) is 0 Å². The van der Waals surface area contributed by atoms with Gasteiger partial charge in [0.25, 0.3) is 0 Å². The largest absolute Gasteiger partial charge is 0.378 e. The minimum absolute atomic E-state index is 0.674. The van der Waals surface area contributed by atoms with E-state index in [-0.39, 0.29) is 0 Å². The topological polar surface area (TPSA) is 46.0 Å². The van der Waals surface area contributed by atoms with Crippen LogP contribution in [0.25, 0.3) is 0 Å². The Labute approximate surface area is 114 Å². The molecule has 0 saturated heterocycles. The third kappa shape index (κ3) is 2.86. The van der Waals surface area contributed by atoms with Crippen LogP contribution in [0.5, 0.6) is 0 Å². The lowest BCUT2D eigenvalue weighted by molar-refractivity contribution is 0.789. The Morgan fingerprint density at radius 1 is 1.21 bits per heavy atom. The summed E-state index contributed by atoms with van der Waals surface area (Å²) < 4.78 is 1.99. The van der Waals surface area contributed by atoms with Crippen molar-refractivity contribution < 1.29 is 0 Å². The summed E-state index contributed by atoms with van der Waals surface area (Å²) in [5.74, 6) is 1.86. The average Bonchev–Trinajstić information content (AvgIpc) is 2.69. The van der Waals surface area contributed by atoms with Crippen molar-refractivity contribution in [1.29, 1.82) is 0 Å². The van der Waals surface area contributed by atoms with Crippen molar-refractivity contribution >= 4 is 11.4 Å². The molecule has 0 fully saturated rings. The molecule has 0 aliphatic rings. The molecule has 0 unspecified atom stereocenters. The molecule has 1 N–H and O–H groups in total. The second-order valence-corrected chi connectivity index (χ2v) is 4.97. The van der Waals surface area contributed by atoms with E-state index in [2.05, 4.69) is 59.6 Å². The van der Waals surface area contributed by atoms with Crippen LogP contribution in [-0.2, 0) is 13.6 Å². The number of aryl methyl sites for hydroxylation is 2. The van der Waals surface area contributed by atoms with Gasteiger partial charge in [0.05, 0.1) is 6.54 Å². The number of anilines is 2. The zero-order valence-electron chi connectivity index (χ0n) is 12.2. The third-order valence-electron chi connectivity index (χ3n) is 3.32. The number of rotatable bonds is 4. The molecule has 0 aliphatic carbocycles. The van der Waals surface area contributed by atoms with Crippen LogP contribution in [0.15, 0.2) is 18.2 Å². The van der Waals surface area contributed by atoms with E-state index in [1.807, 2.05) is 18.5 Å². The molecule has 0 spiro atoms. The predicted molar refractivity (Wildman–Crippen MR) is 78.6 cm³/mol. The van der Waals surface area contributed by atoms with Gasteiger partial charge in [-0.2, -0.15) is 0 Å². The predicted octanol–water partition coefficient (Wildman–Crippen LogP) is 2.11. The summed E-state index contributed by atoms with van der Waals surface area (Å²) in [5.41, 5.74) is 3.58. The standard InChI is InChI=1S/C14H21N5/c1-10-6-7-12(8-13(10)18(3)4)15-9-14-17-16-11(2)19(14)5/h6-8,15H,9H2,1-5H3. The van der Waals surface area contributed by atoms with Crippen LogP contribution in [0.4, 0.5) is 11.4 Å². The summed E-state index contributed by atoms with van der Waals surface area (Å²) in [7, 11) is 6.09. The van der Waals surface area contributed by atoms with E-state index < -0.39 is 0 Å². The highest BCUT2D eigenvalue weighted by atomic mass is 15.3. The third-order valence-corrected chi connectivity index (χ3v) is 3.32.